The van der Waals surface area contributed by atoms with Gasteiger partial charge in [-0.05, 0) is 63.8 Å². The topological polar surface area (TPSA) is 40.6 Å². The molecule has 1 aromatic heterocycles. The Morgan fingerprint density at radius 3 is 2.37 bits per heavy atom. The first-order valence-corrected chi connectivity index (χ1v) is 11.1. The minimum atomic E-state index is 0.658. The first-order chi connectivity index (χ1) is 14.7. The zero-order valence-corrected chi connectivity index (χ0v) is 18.4. The van der Waals surface area contributed by atoms with Crippen molar-refractivity contribution < 1.29 is 14.2 Å². The van der Waals surface area contributed by atoms with E-state index in [1.54, 1.807) is 0 Å². The number of fused-ring (bicyclic) bond motifs is 1. The molecule has 160 valence electrons. The summed E-state index contributed by atoms with van der Waals surface area (Å²) in [4.78, 5) is 4.91. The Morgan fingerprint density at radius 1 is 0.800 bits per heavy atom. The smallest absolute Gasteiger partial charge is 0.133 e. The number of benzene rings is 2. The van der Waals surface area contributed by atoms with Crippen LogP contribution >= 0.6 is 0 Å². The van der Waals surface area contributed by atoms with Crippen molar-refractivity contribution in [2.75, 3.05) is 19.8 Å². The summed E-state index contributed by atoms with van der Waals surface area (Å²) < 4.78 is 17.6. The lowest BCUT2D eigenvalue weighted by atomic mass is 10.0. The maximum Gasteiger partial charge on any atom is 0.133 e. The molecule has 0 fully saturated rings. The number of aryl methyl sites for hydroxylation is 1. The minimum Gasteiger partial charge on any atom is -0.494 e. The number of hydrogen-bond donors (Lipinski definition) is 0. The van der Waals surface area contributed by atoms with Crippen LogP contribution < -0.4 is 14.2 Å². The van der Waals surface area contributed by atoms with E-state index in [9.17, 15) is 0 Å². The molecule has 0 N–H and O–H groups in total. The van der Waals surface area contributed by atoms with Crippen molar-refractivity contribution in [3.8, 4) is 17.2 Å². The van der Waals surface area contributed by atoms with Crippen LogP contribution in [0.5, 0.6) is 17.2 Å². The molecule has 0 amide bonds. The van der Waals surface area contributed by atoms with Crippen LogP contribution in [0.25, 0.3) is 10.9 Å². The van der Waals surface area contributed by atoms with Gasteiger partial charge in [0.05, 0.1) is 25.3 Å². The van der Waals surface area contributed by atoms with Crippen molar-refractivity contribution in [1.29, 1.82) is 0 Å². The van der Waals surface area contributed by atoms with Gasteiger partial charge in [-0.15, -0.1) is 0 Å². The number of pyridine rings is 1. The highest BCUT2D eigenvalue weighted by Crippen LogP contribution is 2.31. The molecule has 0 aliphatic carbocycles. The Labute approximate surface area is 180 Å². The highest BCUT2D eigenvalue weighted by Gasteiger charge is 2.13. The molecule has 0 spiro atoms. The molecule has 30 heavy (non-hydrogen) atoms. The number of rotatable bonds is 12. The van der Waals surface area contributed by atoms with E-state index in [1.165, 1.54) is 0 Å². The van der Waals surface area contributed by atoms with Gasteiger partial charge in [-0.1, -0.05) is 31.5 Å². The van der Waals surface area contributed by atoms with Crippen molar-refractivity contribution in [3.05, 3.63) is 59.8 Å². The van der Waals surface area contributed by atoms with Crippen molar-refractivity contribution in [1.82, 2.24) is 4.98 Å². The average Bonchev–Trinajstić information content (AvgIpc) is 2.76. The molecule has 0 radical (unpaired) electrons. The lowest BCUT2D eigenvalue weighted by Crippen LogP contribution is -2.05. The Balaban J connectivity index is 1.59. The summed E-state index contributed by atoms with van der Waals surface area (Å²) >= 11 is 0. The second-order valence-electron chi connectivity index (χ2n) is 7.45. The molecule has 0 atom stereocenters. The summed E-state index contributed by atoms with van der Waals surface area (Å²) in [7, 11) is 0. The first-order valence-electron chi connectivity index (χ1n) is 11.1. The summed E-state index contributed by atoms with van der Waals surface area (Å²) in [5.41, 5.74) is 3.29. The van der Waals surface area contributed by atoms with Gasteiger partial charge in [0.1, 0.15) is 17.2 Å². The number of aromatic nitrogens is 1. The Morgan fingerprint density at radius 2 is 1.57 bits per heavy atom. The second-order valence-corrected chi connectivity index (χ2v) is 7.45. The van der Waals surface area contributed by atoms with E-state index in [0.717, 1.165) is 78.1 Å². The normalized spacial score (nSPS) is 10.9. The molecular formula is C26H33NO3. The summed E-state index contributed by atoms with van der Waals surface area (Å²) in [6.07, 6.45) is 5.10. The number of unbranched alkanes of at least 4 members (excludes halogenated alkanes) is 2. The quantitative estimate of drug-likeness (QED) is 0.320. The molecule has 4 nitrogen and oxygen atoms in total. The van der Waals surface area contributed by atoms with Gasteiger partial charge in [0, 0.05) is 22.7 Å². The van der Waals surface area contributed by atoms with Crippen LogP contribution in [0.2, 0.25) is 0 Å². The highest BCUT2D eigenvalue weighted by atomic mass is 16.5. The summed E-state index contributed by atoms with van der Waals surface area (Å²) in [6.45, 7) is 8.39. The molecule has 0 aliphatic rings. The number of ether oxygens (including phenoxy) is 3. The van der Waals surface area contributed by atoms with E-state index in [1.807, 2.05) is 43.3 Å². The molecule has 0 saturated heterocycles. The number of nitrogens with zero attached hydrogens (tertiary/aromatic N) is 1. The van der Waals surface area contributed by atoms with Gasteiger partial charge in [-0.25, -0.2) is 0 Å². The Kier molecular flexibility index (Phi) is 8.37. The summed E-state index contributed by atoms with van der Waals surface area (Å²) in [6, 6.07) is 16.1. The predicted molar refractivity (Wildman–Crippen MR) is 123 cm³/mol. The number of para-hydroxylation sites is 1. The Hall–Kier alpha value is -2.75. The third kappa shape index (κ3) is 5.88. The fraction of sp³-hybridized carbons (Fsp3) is 0.423. The largest absolute Gasteiger partial charge is 0.494 e. The third-order valence-corrected chi connectivity index (χ3v) is 5.11. The first kappa shape index (κ1) is 21.9. The van der Waals surface area contributed by atoms with Gasteiger partial charge in [0.15, 0.2) is 0 Å². The fourth-order valence-corrected chi connectivity index (χ4v) is 3.48. The van der Waals surface area contributed by atoms with Crippen molar-refractivity contribution in [2.24, 2.45) is 0 Å². The molecule has 4 heteroatoms. The zero-order chi connectivity index (χ0) is 21.2. The molecule has 0 aliphatic heterocycles. The predicted octanol–water partition coefficient (Wildman–Crippen LogP) is 6.52. The maximum absolute atomic E-state index is 6.17. The lowest BCUT2D eigenvalue weighted by molar-refractivity contribution is 0.300. The summed E-state index contributed by atoms with van der Waals surface area (Å²) in [5, 5.41) is 1.10. The second kappa shape index (κ2) is 11.4. The van der Waals surface area contributed by atoms with Crippen LogP contribution in [-0.2, 0) is 6.42 Å². The monoisotopic (exact) mass is 407 g/mol. The van der Waals surface area contributed by atoms with E-state index in [4.69, 9.17) is 19.2 Å². The fourth-order valence-electron chi connectivity index (χ4n) is 3.48. The van der Waals surface area contributed by atoms with Crippen LogP contribution in [0.1, 0.15) is 50.8 Å². The van der Waals surface area contributed by atoms with Gasteiger partial charge in [-0.2, -0.15) is 0 Å². The SMILES string of the molecule is CCCCOc1c(C)c(CCCCOc2cccc(OCC)c2)nc2ccccc12. The van der Waals surface area contributed by atoms with Crippen LogP contribution in [0.15, 0.2) is 48.5 Å². The molecular weight excluding hydrogens is 374 g/mol. The highest BCUT2D eigenvalue weighted by molar-refractivity contribution is 5.86. The van der Waals surface area contributed by atoms with E-state index in [0.29, 0.717) is 13.2 Å². The van der Waals surface area contributed by atoms with Crippen LogP contribution in [0.3, 0.4) is 0 Å². The van der Waals surface area contributed by atoms with Gasteiger partial charge in [-0.3, -0.25) is 4.98 Å². The average molecular weight is 408 g/mol. The standard InChI is InChI=1S/C26H33NO3/c1-4-6-17-30-26-20(3)24(27-25-16-8-7-14-23(25)26)15-9-10-18-29-22-13-11-12-21(19-22)28-5-2/h7-8,11-14,16,19H,4-6,9-10,15,17-18H2,1-3H3. The van der Waals surface area contributed by atoms with Crippen LogP contribution in [0.4, 0.5) is 0 Å². The molecule has 0 bridgehead atoms. The number of hydrogen-bond acceptors (Lipinski definition) is 4. The lowest BCUT2D eigenvalue weighted by Gasteiger charge is -2.15. The maximum atomic E-state index is 6.17. The summed E-state index contributed by atoms with van der Waals surface area (Å²) in [5.74, 6) is 2.70. The van der Waals surface area contributed by atoms with E-state index >= 15 is 0 Å². The van der Waals surface area contributed by atoms with Crippen molar-refractivity contribution in [2.45, 2.75) is 52.9 Å². The van der Waals surface area contributed by atoms with E-state index < -0.39 is 0 Å². The van der Waals surface area contributed by atoms with Gasteiger partial charge in [0.2, 0.25) is 0 Å². The molecule has 3 aromatic rings. The van der Waals surface area contributed by atoms with Crippen LogP contribution in [0, 0.1) is 6.92 Å². The Bertz CT molecular complexity index is 939. The molecule has 2 aromatic carbocycles. The molecule has 0 unspecified atom stereocenters. The minimum absolute atomic E-state index is 0.658. The van der Waals surface area contributed by atoms with Crippen LogP contribution in [-0.4, -0.2) is 24.8 Å². The van der Waals surface area contributed by atoms with Crippen molar-refractivity contribution >= 4 is 10.9 Å². The molecule has 3 rings (SSSR count). The van der Waals surface area contributed by atoms with E-state index in [-0.39, 0.29) is 0 Å². The van der Waals surface area contributed by atoms with Gasteiger partial charge >= 0.3 is 0 Å². The zero-order valence-electron chi connectivity index (χ0n) is 18.4. The van der Waals surface area contributed by atoms with Gasteiger partial charge in [0.25, 0.3) is 0 Å². The van der Waals surface area contributed by atoms with Crippen molar-refractivity contribution in [3.63, 3.8) is 0 Å². The molecule has 0 saturated carbocycles. The third-order valence-electron chi connectivity index (χ3n) is 5.11. The van der Waals surface area contributed by atoms with E-state index in [2.05, 4.69) is 26.0 Å². The van der Waals surface area contributed by atoms with Gasteiger partial charge < -0.3 is 14.2 Å². The molecule has 1 heterocycles.